The van der Waals surface area contributed by atoms with E-state index in [1.165, 1.54) is 24.4 Å². The van der Waals surface area contributed by atoms with Gasteiger partial charge in [0.25, 0.3) is 5.69 Å². The first-order valence-corrected chi connectivity index (χ1v) is 7.70. The molecule has 1 N–H and O–H groups in total. The first-order chi connectivity index (χ1) is 11.9. The average molecular weight is 343 g/mol. The van der Waals surface area contributed by atoms with Crippen molar-refractivity contribution in [3.8, 4) is 11.5 Å². The maximum atomic E-state index is 10.8. The summed E-state index contributed by atoms with van der Waals surface area (Å²) in [6, 6.07) is 11.6. The summed E-state index contributed by atoms with van der Waals surface area (Å²) in [7, 11) is 5.53. The number of nitro groups is 1. The molecule has 0 spiro atoms. The van der Waals surface area contributed by atoms with E-state index in [9.17, 15) is 15.2 Å². The lowest BCUT2D eigenvalue weighted by Gasteiger charge is -2.23. The van der Waals surface area contributed by atoms with Crippen LogP contribution in [0.2, 0.25) is 0 Å². The van der Waals surface area contributed by atoms with Crippen molar-refractivity contribution in [3.05, 3.63) is 63.7 Å². The molecule has 0 heterocycles. The summed E-state index contributed by atoms with van der Waals surface area (Å²) in [5, 5.41) is 20.7. The molecule has 2 rings (SSSR count). The number of phenols is 1. The Balaban J connectivity index is 2.16. The van der Waals surface area contributed by atoms with Crippen LogP contribution in [0.3, 0.4) is 0 Å². The number of hydrogen-bond acceptors (Lipinski definition) is 6. The number of benzene rings is 2. The second kappa shape index (κ2) is 8.25. The molecule has 7 nitrogen and oxygen atoms in total. The molecule has 0 unspecified atom stereocenters. The Morgan fingerprint density at radius 3 is 2.52 bits per heavy atom. The molecule has 0 fully saturated rings. The maximum Gasteiger partial charge on any atom is 0.270 e. The minimum absolute atomic E-state index is 0.0306. The van der Waals surface area contributed by atoms with Gasteiger partial charge in [-0.1, -0.05) is 12.1 Å². The number of aromatic hydroxyl groups is 1. The highest BCUT2D eigenvalue weighted by Gasteiger charge is 2.14. The fourth-order valence-electron chi connectivity index (χ4n) is 2.40. The number of non-ortho nitro benzene ring substituents is 1. The molecule has 0 saturated carbocycles. The Kier molecular flexibility index (Phi) is 6.08. The van der Waals surface area contributed by atoms with Gasteiger partial charge in [0, 0.05) is 23.9 Å². The molecule has 0 aliphatic rings. The molecular weight excluding hydrogens is 322 g/mol. The standard InChI is InChI=1S/C18H21N3O4/c1-20(2)17(13-4-7-16(25-3)8-5-13)12-19-11-14-10-15(21(23)24)6-9-18(14)22/h4-11,17,22H,12H2,1-3H3/t17-/m0/s1. The van der Waals surface area contributed by atoms with Crippen molar-refractivity contribution < 1.29 is 14.8 Å². The fraction of sp³-hybridized carbons (Fsp3) is 0.278. The monoisotopic (exact) mass is 343 g/mol. The molecule has 25 heavy (non-hydrogen) atoms. The van der Waals surface area contributed by atoms with Gasteiger partial charge in [-0.15, -0.1) is 0 Å². The minimum atomic E-state index is -0.503. The smallest absolute Gasteiger partial charge is 0.270 e. The molecule has 1 atom stereocenters. The number of aliphatic imine (C=N–C) groups is 1. The van der Waals surface area contributed by atoms with Crippen molar-refractivity contribution in [1.29, 1.82) is 0 Å². The Morgan fingerprint density at radius 2 is 1.96 bits per heavy atom. The largest absolute Gasteiger partial charge is 0.507 e. The lowest BCUT2D eigenvalue weighted by atomic mass is 10.1. The predicted octanol–water partition coefficient (Wildman–Crippen LogP) is 3.03. The van der Waals surface area contributed by atoms with Gasteiger partial charge in [0.05, 0.1) is 24.6 Å². The summed E-state index contributed by atoms with van der Waals surface area (Å²) in [5.74, 6) is 0.742. The van der Waals surface area contributed by atoms with E-state index in [0.717, 1.165) is 11.3 Å². The Labute approximate surface area is 146 Å². The number of phenolic OH excluding ortho intramolecular Hbond substituents is 1. The van der Waals surface area contributed by atoms with E-state index in [4.69, 9.17) is 4.74 Å². The quantitative estimate of drug-likeness (QED) is 0.474. The normalized spacial score (nSPS) is 12.5. The molecular formula is C18H21N3O4. The first kappa shape index (κ1) is 18.4. The Bertz CT molecular complexity index is 757. The second-order valence-electron chi connectivity index (χ2n) is 5.75. The van der Waals surface area contributed by atoms with E-state index in [1.807, 2.05) is 43.3 Å². The highest BCUT2D eigenvalue weighted by Crippen LogP contribution is 2.23. The van der Waals surface area contributed by atoms with Crippen LogP contribution in [0.5, 0.6) is 11.5 Å². The van der Waals surface area contributed by atoms with Crippen molar-refractivity contribution in [2.45, 2.75) is 6.04 Å². The molecule has 0 bridgehead atoms. The van der Waals surface area contributed by atoms with Gasteiger partial charge in [0.2, 0.25) is 0 Å². The molecule has 0 aromatic heterocycles. The Hall–Kier alpha value is -2.93. The van der Waals surface area contributed by atoms with Gasteiger partial charge in [0.1, 0.15) is 11.5 Å². The molecule has 132 valence electrons. The number of nitro benzene ring substituents is 1. The molecule has 7 heteroatoms. The van der Waals surface area contributed by atoms with Crippen LogP contribution in [0.4, 0.5) is 5.69 Å². The van der Waals surface area contributed by atoms with Crippen molar-refractivity contribution in [2.75, 3.05) is 27.7 Å². The zero-order chi connectivity index (χ0) is 18.4. The molecule has 0 saturated heterocycles. The molecule has 2 aromatic rings. The minimum Gasteiger partial charge on any atom is -0.507 e. The lowest BCUT2D eigenvalue weighted by Crippen LogP contribution is -2.22. The van der Waals surface area contributed by atoms with Crippen molar-refractivity contribution in [3.63, 3.8) is 0 Å². The molecule has 0 radical (unpaired) electrons. The van der Waals surface area contributed by atoms with Crippen LogP contribution >= 0.6 is 0 Å². The highest BCUT2D eigenvalue weighted by molar-refractivity contribution is 5.84. The van der Waals surface area contributed by atoms with Crippen molar-refractivity contribution in [2.24, 2.45) is 4.99 Å². The number of ether oxygens (including phenoxy) is 1. The highest BCUT2D eigenvalue weighted by atomic mass is 16.6. The third-order valence-corrected chi connectivity index (χ3v) is 3.85. The van der Waals surface area contributed by atoms with Gasteiger partial charge in [-0.25, -0.2) is 0 Å². The zero-order valence-corrected chi connectivity index (χ0v) is 14.4. The number of rotatable bonds is 7. The number of likely N-dealkylation sites (N-methyl/N-ethyl adjacent to an activating group) is 1. The van der Waals surface area contributed by atoms with Crippen LogP contribution in [-0.2, 0) is 0 Å². The summed E-state index contributed by atoms with van der Waals surface area (Å²) in [6.45, 7) is 0.446. The predicted molar refractivity (Wildman–Crippen MR) is 96.6 cm³/mol. The number of methoxy groups -OCH3 is 1. The zero-order valence-electron chi connectivity index (χ0n) is 14.4. The van der Waals surface area contributed by atoms with Gasteiger partial charge in [-0.2, -0.15) is 0 Å². The summed E-state index contributed by atoms with van der Waals surface area (Å²) in [4.78, 5) is 16.7. The third kappa shape index (κ3) is 4.77. The summed E-state index contributed by atoms with van der Waals surface area (Å²) in [6.07, 6.45) is 1.46. The average Bonchev–Trinajstić information content (AvgIpc) is 2.59. The van der Waals surface area contributed by atoms with Gasteiger partial charge >= 0.3 is 0 Å². The van der Waals surface area contributed by atoms with E-state index in [0.29, 0.717) is 12.1 Å². The van der Waals surface area contributed by atoms with Crippen molar-refractivity contribution in [1.82, 2.24) is 4.90 Å². The molecule has 0 aliphatic carbocycles. The van der Waals surface area contributed by atoms with E-state index in [-0.39, 0.29) is 17.5 Å². The van der Waals surface area contributed by atoms with Crippen molar-refractivity contribution >= 4 is 11.9 Å². The summed E-state index contributed by atoms with van der Waals surface area (Å²) >= 11 is 0. The van der Waals surface area contributed by atoms with Crippen LogP contribution in [-0.4, -0.2) is 48.9 Å². The number of hydrogen-bond donors (Lipinski definition) is 1. The van der Waals surface area contributed by atoms with E-state index in [2.05, 4.69) is 4.99 Å². The summed E-state index contributed by atoms with van der Waals surface area (Å²) in [5.41, 5.74) is 1.31. The maximum absolute atomic E-state index is 10.8. The topological polar surface area (TPSA) is 88.2 Å². The number of nitrogens with zero attached hydrogens (tertiary/aromatic N) is 3. The molecule has 0 amide bonds. The van der Waals surface area contributed by atoms with Gasteiger partial charge < -0.3 is 14.7 Å². The van der Waals surface area contributed by atoms with Crippen LogP contribution in [0.15, 0.2) is 47.5 Å². The lowest BCUT2D eigenvalue weighted by molar-refractivity contribution is -0.384. The second-order valence-corrected chi connectivity index (χ2v) is 5.75. The van der Waals surface area contributed by atoms with E-state index in [1.54, 1.807) is 7.11 Å². The summed E-state index contributed by atoms with van der Waals surface area (Å²) < 4.78 is 5.17. The van der Waals surface area contributed by atoms with E-state index < -0.39 is 4.92 Å². The van der Waals surface area contributed by atoms with Crippen LogP contribution in [0, 0.1) is 10.1 Å². The first-order valence-electron chi connectivity index (χ1n) is 7.70. The van der Waals surface area contributed by atoms with Crippen LogP contribution in [0.1, 0.15) is 17.2 Å². The SMILES string of the molecule is COc1ccc([C@H](CN=Cc2cc([N+](=O)[O-])ccc2O)N(C)C)cc1. The molecule has 2 aromatic carbocycles. The van der Waals surface area contributed by atoms with Gasteiger partial charge in [0.15, 0.2) is 0 Å². The van der Waals surface area contributed by atoms with Gasteiger partial charge in [-0.05, 0) is 37.9 Å². The third-order valence-electron chi connectivity index (χ3n) is 3.85. The van der Waals surface area contributed by atoms with Crippen LogP contribution < -0.4 is 4.74 Å². The molecule has 0 aliphatic heterocycles. The van der Waals surface area contributed by atoms with E-state index >= 15 is 0 Å². The fourth-order valence-corrected chi connectivity index (χ4v) is 2.40. The Morgan fingerprint density at radius 1 is 1.28 bits per heavy atom. The van der Waals surface area contributed by atoms with Gasteiger partial charge in [-0.3, -0.25) is 15.1 Å². The van der Waals surface area contributed by atoms with Crippen LogP contribution in [0.25, 0.3) is 0 Å².